The molecule has 0 fully saturated rings. The number of anilines is 1. The number of imidazole rings is 1. The summed E-state index contributed by atoms with van der Waals surface area (Å²) in [5, 5.41) is 3.34. The first kappa shape index (κ1) is 19.6. The molecule has 9 heteroatoms. The molecule has 8 nitrogen and oxygen atoms in total. The zero-order valence-electron chi connectivity index (χ0n) is 15.3. The van der Waals surface area contributed by atoms with Crippen molar-refractivity contribution in [3.63, 3.8) is 0 Å². The molecule has 0 bridgehead atoms. The lowest BCUT2D eigenvalue weighted by atomic mass is 10.2. The van der Waals surface area contributed by atoms with Gasteiger partial charge in [-0.05, 0) is 21.2 Å². The summed E-state index contributed by atoms with van der Waals surface area (Å²) in [5.74, 6) is 0.396. The number of nitrogens with one attached hydrogen (secondary N) is 1. The minimum Gasteiger partial charge on any atom is -0.382 e. The van der Waals surface area contributed by atoms with E-state index in [1.165, 1.54) is 11.9 Å². The zero-order valence-corrected chi connectivity index (χ0v) is 16.3. The first-order valence-electron chi connectivity index (χ1n) is 8.84. The standard InChI is InChI=1S/C18H25N6O2P/c1-14(9-24-12-22-16-17(19)20-11-21-18(16)24)26-13-27-23-7-8-25-10-15-5-3-2-4-6-15/h2-6,11-12,14,23,27H,7-10,13H2,1H3,(H2,19,20,21)/t14-/m1/s1. The molecule has 27 heavy (non-hydrogen) atoms. The first-order chi connectivity index (χ1) is 13.2. The molecular formula is C18H25N6O2P. The Hall–Kier alpha value is -2.12. The molecule has 3 rings (SSSR count). The number of nitrogens with zero attached hydrogens (tertiary/aromatic N) is 4. The van der Waals surface area contributed by atoms with Crippen LogP contribution in [0.4, 0.5) is 5.82 Å². The van der Waals surface area contributed by atoms with Gasteiger partial charge in [-0.1, -0.05) is 30.3 Å². The van der Waals surface area contributed by atoms with Gasteiger partial charge in [0, 0.05) is 6.54 Å². The average Bonchev–Trinajstić information content (AvgIpc) is 3.09. The second-order valence-electron chi connectivity index (χ2n) is 6.09. The third-order valence-electron chi connectivity index (χ3n) is 3.93. The lowest BCUT2D eigenvalue weighted by Gasteiger charge is -2.14. The molecule has 0 aliphatic carbocycles. The third kappa shape index (κ3) is 5.94. The number of benzene rings is 1. The fourth-order valence-corrected chi connectivity index (χ4v) is 3.32. The van der Waals surface area contributed by atoms with Gasteiger partial charge in [-0.2, -0.15) is 0 Å². The van der Waals surface area contributed by atoms with E-state index in [0.29, 0.717) is 46.2 Å². The van der Waals surface area contributed by atoms with Crippen molar-refractivity contribution in [3.05, 3.63) is 48.5 Å². The molecule has 2 atom stereocenters. The molecule has 0 radical (unpaired) electrons. The zero-order chi connectivity index (χ0) is 18.9. The van der Waals surface area contributed by atoms with Gasteiger partial charge in [0.15, 0.2) is 11.5 Å². The van der Waals surface area contributed by atoms with Gasteiger partial charge in [0.05, 0.1) is 38.5 Å². The fraction of sp³-hybridized carbons (Fsp3) is 0.389. The highest BCUT2D eigenvalue weighted by molar-refractivity contribution is 7.35. The maximum absolute atomic E-state index is 5.86. The molecule has 1 unspecified atom stereocenters. The van der Waals surface area contributed by atoms with Crippen molar-refractivity contribution >= 4 is 25.7 Å². The van der Waals surface area contributed by atoms with Crippen molar-refractivity contribution in [2.75, 3.05) is 25.2 Å². The van der Waals surface area contributed by atoms with E-state index in [0.717, 1.165) is 12.2 Å². The van der Waals surface area contributed by atoms with E-state index >= 15 is 0 Å². The molecule has 144 valence electrons. The van der Waals surface area contributed by atoms with Crippen LogP contribution < -0.4 is 10.8 Å². The number of fused-ring (bicyclic) bond motifs is 1. The molecule has 0 aliphatic rings. The van der Waals surface area contributed by atoms with E-state index in [1.54, 1.807) is 6.33 Å². The van der Waals surface area contributed by atoms with Gasteiger partial charge < -0.3 is 19.8 Å². The van der Waals surface area contributed by atoms with Gasteiger partial charge in [0.25, 0.3) is 0 Å². The van der Waals surface area contributed by atoms with Crippen LogP contribution in [0.15, 0.2) is 43.0 Å². The topological polar surface area (TPSA) is 100 Å². The fourth-order valence-electron chi connectivity index (χ4n) is 2.57. The van der Waals surface area contributed by atoms with Gasteiger partial charge in [-0.3, -0.25) is 5.09 Å². The summed E-state index contributed by atoms with van der Waals surface area (Å²) in [5.41, 5.74) is 8.36. The summed E-state index contributed by atoms with van der Waals surface area (Å²) in [7, 11) is 0.528. The third-order valence-corrected chi connectivity index (χ3v) is 4.74. The summed E-state index contributed by atoms with van der Waals surface area (Å²) >= 11 is 0. The summed E-state index contributed by atoms with van der Waals surface area (Å²) in [6.45, 7) is 4.83. The Morgan fingerprint density at radius 3 is 2.93 bits per heavy atom. The van der Waals surface area contributed by atoms with Gasteiger partial charge >= 0.3 is 0 Å². The van der Waals surface area contributed by atoms with Crippen molar-refractivity contribution in [2.24, 2.45) is 0 Å². The number of nitrogen functional groups attached to an aromatic ring is 1. The van der Waals surface area contributed by atoms with Crippen molar-refractivity contribution < 1.29 is 9.47 Å². The average molecular weight is 388 g/mol. The van der Waals surface area contributed by atoms with E-state index in [1.807, 2.05) is 29.7 Å². The maximum Gasteiger partial charge on any atom is 0.165 e. The molecule has 2 heterocycles. The highest BCUT2D eigenvalue weighted by Crippen LogP contribution is 2.15. The van der Waals surface area contributed by atoms with Crippen LogP contribution in [0.25, 0.3) is 11.2 Å². The summed E-state index contributed by atoms with van der Waals surface area (Å²) in [4.78, 5) is 12.5. The van der Waals surface area contributed by atoms with Crippen molar-refractivity contribution in [1.82, 2.24) is 24.6 Å². The monoisotopic (exact) mass is 388 g/mol. The van der Waals surface area contributed by atoms with Crippen LogP contribution in [0.2, 0.25) is 0 Å². The highest BCUT2D eigenvalue weighted by atomic mass is 31.1. The van der Waals surface area contributed by atoms with Crippen LogP contribution in [-0.4, -0.2) is 45.1 Å². The minimum atomic E-state index is 0.0437. The van der Waals surface area contributed by atoms with Gasteiger partial charge in [0.2, 0.25) is 0 Å². The van der Waals surface area contributed by atoms with Crippen molar-refractivity contribution in [3.8, 4) is 0 Å². The number of hydrogen-bond acceptors (Lipinski definition) is 7. The van der Waals surface area contributed by atoms with Crippen LogP contribution in [0.1, 0.15) is 12.5 Å². The van der Waals surface area contributed by atoms with Crippen molar-refractivity contribution in [2.45, 2.75) is 26.2 Å². The van der Waals surface area contributed by atoms with Crippen LogP contribution >= 0.6 is 8.73 Å². The SMILES string of the molecule is C[C@H](Cn1cnc2c(N)ncnc21)OCPNCCOCc1ccccc1. The van der Waals surface area contributed by atoms with E-state index in [4.69, 9.17) is 15.2 Å². The van der Waals surface area contributed by atoms with E-state index < -0.39 is 0 Å². The highest BCUT2D eigenvalue weighted by Gasteiger charge is 2.10. The number of rotatable bonds is 11. The molecular weight excluding hydrogens is 363 g/mol. The van der Waals surface area contributed by atoms with E-state index in [9.17, 15) is 0 Å². The summed E-state index contributed by atoms with van der Waals surface area (Å²) in [6.07, 6.45) is 3.87. The summed E-state index contributed by atoms with van der Waals surface area (Å²) < 4.78 is 13.4. The Bertz CT molecular complexity index is 829. The summed E-state index contributed by atoms with van der Waals surface area (Å²) in [6, 6.07) is 10.2. The van der Waals surface area contributed by atoms with Gasteiger partial charge in [-0.15, -0.1) is 0 Å². The predicted octanol–water partition coefficient (Wildman–Crippen LogP) is 2.17. The Morgan fingerprint density at radius 2 is 2.07 bits per heavy atom. The molecule has 0 saturated carbocycles. The molecule has 0 spiro atoms. The normalized spacial score (nSPS) is 12.9. The Morgan fingerprint density at radius 1 is 1.22 bits per heavy atom. The number of aromatic nitrogens is 4. The molecule has 3 aromatic rings. The molecule has 2 aromatic heterocycles. The second kappa shape index (κ2) is 10.3. The lowest BCUT2D eigenvalue weighted by Crippen LogP contribution is -2.18. The predicted molar refractivity (Wildman–Crippen MR) is 108 cm³/mol. The van der Waals surface area contributed by atoms with Crippen LogP contribution in [0, 0.1) is 0 Å². The van der Waals surface area contributed by atoms with E-state index in [2.05, 4.69) is 32.2 Å². The molecule has 0 aliphatic heterocycles. The van der Waals surface area contributed by atoms with Crippen LogP contribution in [0.3, 0.4) is 0 Å². The quantitative estimate of drug-likeness (QED) is 0.384. The van der Waals surface area contributed by atoms with Crippen molar-refractivity contribution in [1.29, 1.82) is 0 Å². The Kier molecular flexibility index (Phi) is 7.47. The molecule has 0 amide bonds. The second-order valence-corrected chi connectivity index (χ2v) is 7.09. The smallest absolute Gasteiger partial charge is 0.165 e. The lowest BCUT2D eigenvalue weighted by molar-refractivity contribution is 0.0895. The largest absolute Gasteiger partial charge is 0.382 e. The van der Waals surface area contributed by atoms with E-state index in [-0.39, 0.29) is 6.10 Å². The Balaban J connectivity index is 1.27. The minimum absolute atomic E-state index is 0.0437. The number of nitrogens with two attached hydrogens (primary N) is 1. The number of ether oxygens (including phenoxy) is 2. The Labute approximate surface area is 160 Å². The molecule has 3 N–H and O–H groups in total. The van der Waals surface area contributed by atoms with Gasteiger partial charge in [-0.25, -0.2) is 15.0 Å². The molecule has 1 aromatic carbocycles. The molecule has 0 saturated heterocycles. The first-order valence-corrected chi connectivity index (χ1v) is 10.0. The number of hydrogen-bond donors (Lipinski definition) is 2. The maximum atomic E-state index is 5.86. The van der Waals surface area contributed by atoms with Crippen LogP contribution in [-0.2, 0) is 22.6 Å². The van der Waals surface area contributed by atoms with Gasteiger partial charge in [0.1, 0.15) is 11.8 Å². The van der Waals surface area contributed by atoms with Crippen LogP contribution in [0.5, 0.6) is 0 Å².